The third-order valence-corrected chi connectivity index (χ3v) is 3.02. The van der Waals surface area contributed by atoms with E-state index in [1.807, 2.05) is 0 Å². The highest BCUT2D eigenvalue weighted by molar-refractivity contribution is 4.80. The quantitative estimate of drug-likeness (QED) is 0.697. The summed E-state index contributed by atoms with van der Waals surface area (Å²) in [6, 6.07) is 0.255. The minimum atomic E-state index is 0.255. The fourth-order valence-electron chi connectivity index (χ4n) is 1.90. The molecule has 0 aromatic heterocycles. The second kappa shape index (κ2) is 6.38. The second-order valence-corrected chi connectivity index (χ2v) is 4.21. The van der Waals surface area contributed by atoms with Gasteiger partial charge in [0.15, 0.2) is 0 Å². The number of rotatable bonds is 6. The van der Waals surface area contributed by atoms with E-state index in [0.29, 0.717) is 5.92 Å². The Balaban J connectivity index is 2.24. The van der Waals surface area contributed by atoms with Gasteiger partial charge in [0.25, 0.3) is 0 Å². The van der Waals surface area contributed by atoms with Gasteiger partial charge in [-0.3, -0.25) is 0 Å². The van der Waals surface area contributed by atoms with Gasteiger partial charge >= 0.3 is 0 Å². The summed E-state index contributed by atoms with van der Waals surface area (Å²) in [5.74, 6) is 0.548. The summed E-state index contributed by atoms with van der Waals surface area (Å²) in [6.45, 7) is 9.49. The van der Waals surface area contributed by atoms with Crippen LogP contribution in [-0.4, -0.2) is 43.8 Å². The van der Waals surface area contributed by atoms with Crippen LogP contribution in [-0.2, 0) is 4.74 Å². The number of nitrogens with zero attached hydrogens (tertiary/aromatic N) is 1. The molecule has 0 bridgehead atoms. The molecular formula is C11H24N2O. The summed E-state index contributed by atoms with van der Waals surface area (Å²) < 4.78 is 5.37. The fraction of sp³-hybridized carbons (Fsp3) is 1.00. The monoisotopic (exact) mass is 200 g/mol. The lowest BCUT2D eigenvalue weighted by Crippen LogP contribution is -2.38. The molecule has 0 aliphatic carbocycles. The number of unbranched alkanes of at least 4 members (excludes halogenated alkanes) is 1. The minimum Gasteiger partial charge on any atom is -0.379 e. The summed E-state index contributed by atoms with van der Waals surface area (Å²) in [6.07, 6.45) is 2.56. The van der Waals surface area contributed by atoms with Crippen LogP contribution in [0.25, 0.3) is 0 Å². The van der Waals surface area contributed by atoms with Crippen molar-refractivity contribution < 1.29 is 4.74 Å². The van der Waals surface area contributed by atoms with Crippen molar-refractivity contribution in [2.24, 2.45) is 11.7 Å². The first kappa shape index (κ1) is 12.0. The van der Waals surface area contributed by atoms with Crippen LogP contribution < -0.4 is 5.73 Å². The summed E-state index contributed by atoms with van der Waals surface area (Å²) >= 11 is 0. The maximum Gasteiger partial charge on any atom is 0.0621 e. The molecule has 2 atom stereocenters. The second-order valence-electron chi connectivity index (χ2n) is 4.21. The lowest BCUT2D eigenvalue weighted by molar-refractivity contribution is 0.168. The summed E-state index contributed by atoms with van der Waals surface area (Å²) in [5, 5.41) is 0. The number of nitrogens with two attached hydrogens (primary N) is 1. The summed E-state index contributed by atoms with van der Waals surface area (Å²) in [7, 11) is 0. The number of ether oxygens (including phenoxy) is 1. The Morgan fingerprint density at radius 2 is 2.14 bits per heavy atom. The maximum absolute atomic E-state index is 5.96. The van der Waals surface area contributed by atoms with Crippen LogP contribution in [0.15, 0.2) is 0 Å². The number of hydrogen-bond acceptors (Lipinski definition) is 3. The van der Waals surface area contributed by atoms with E-state index < -0.39 is 0 Å². The Kier molecular flexibility index (Phi) is 5.45. The minimum absolute atomic E-state index is 0.255. The molecule has 1 aliphatic rings. The molecule has 3 nitrogen and oxygen atoms in total. The lowest BCUT2D eigenvalue weighted by Gasteiger charge is -2.24. The van der Waals surface area contributed by atoms with Crippen molar-refractivity contribution in [3.8, 4) is 0 Å². The van der Waals surface area contributed by atoms with Gasteiger partial charge in [0.1, 0.15) is 0 Å². The van der Waals surface area contributed by atoms with E-state index in [1.54, 1.807) is 0 Å². The Labute approximate surface area is 87.6 Å². The van der Waals surface area contributed by atoms with Crippen molar-refractivity contribution in [2.75, 3.05) is 32.8 Å². The van der Waals surface area contributed by atoms with Gasteiger partial charge in [0.05, 0.1) is 13.2 Å². The molecule has 1 heterocycles. The molecule has 2 N–H and O–H groups in total. The van der Waals surface area contributed by atoms with Crippen molar-refractivity contribution in [1.29, 1.82) is 0 Å². The van der Waals surface area contributed by atoms with Crippen molar-refractivity contribution in [3.63, 3.8) is 0 Å². The highest BCUT2D eigenvalue weighted by Crippen LogP contribution is 2.13. The lowest BCUT2D eigenvalue weighted by atomic mass is 10.0. The zero-order chi connectivity index (χ0) is 10.4. The van der Waals surface area contributed by atoms with Gasteiger partial charge in [-0.1, -0.05) is 20.3 Å². The molecule has 0 spiro atoms. The zero-order valence-corrected chi connectivity index (χ0v) is 9.54. The summed E-state index contributed by atoms with van der Waals surface area (Å²) in [5.41, 5.74) is 5.96. The van der Waals surface area contributed by atoms with Gasteiger partial charge in [0, 0.05) is 18.5 Å². The van der Waals surface area contributed by atoms with Gasteiger partial charge < -0.3 is 15.4 Å². The van der Waals surface area contributed by atoms with E-state index in [9.17, 15) is 0 Å². The Hall–Kier alpha value is -0.120. The zero-order valence-electron chi connectivity index (χ0n) is 9.54. The molecular weight excluding hydrogens is 176 g/mol. The topological polar surface area (TPSA) is 38.5 Å². The predicted molar refractivity (Wildman–Crippen MR) is 59.3 cm³/mol. The highest BCUT2D eigenvalue weighted by Gasteiger charge is 2.26. The molecule has 3 heteroatoms. The average Bonchev–Trinajstić information content (AvgIpc) is 2.59. The normalized spacial score (nSPS) is 27.4. The first-order chi connectivity index (χ1) is 6.77. The van der Waals surface area contributed by atoms with E-state index in [1.165, 1.54) is 19.4 Å². The molecule has 0 saturated carbocycles. The van der Waals surface area contributed by atoms with Crippen LogP contribution in [0.3, 0.4) is 0 Å². The van der Waals surface area contributed by atoms with Crippen molar-refractivity contribution in [2.45, 2.75) is 32.7 Å². The molecule has 14 heavy (non-hydrogen) atoms. The van der Waals surface area contributed by atoms with Gasteiger partial charge in [-0.05, 0) is 19.5 Å². The molecule has 84 valence electrons. The Bertz CT molecular complexity index is 152. The molecule has 0 aromatic carbocycles. The van der Waals surface area contributed by atoms with E-state index in [0.717, 1.165) is 26.3 Å². The summed E-state index contributed by atoms with van der Waals surface area (Å²) in [4.78, 5) is 2.49. The van der Waals surface area contributed by atoms with Gasteiger partial charge in [0.2, 0.25) is 0 Å². The fourth-order valence-corrected chi connectivity index (χ4v) is 1.90. The van der Waals surface area contributed by atoms with Gasteiger partial charge in [-0.25, -0.2) is 0 Å². The van der Waals surface area contributed by atoms with E-state index in [-0.39, 0.29) is 6.04 Å². The van der Waals surface area contributed by atoms with Gasteiger partial charge in [-0.15, -0.1) is 0 Å². The van der Waals surface area contributed by atoms with Crippen LogP contribution >= 0.6 is 0 Å². The maximum atomic E-state index is 5.96. The van der Waals surface area contributed by atoms with E-state index >= 15 is 0 Å². The van der Waals surface area contributed by atoms with Crippen LogP contribution in [0.5, 0.6) is 0 Å². The molecule has 1 aliphatic heterocycles. The molecule has 0 amide bonds. The van der Waals surface area contributed by atoms with Gasteiger partial charge in [-0.2, -0.15) is 0 Å². The SMILES string of the molecule is CCCCN(CC)CC1COCC1N. The smallest absolute Gasteiger partial charge is 0.0621 e. The molecule has 1 fully saturated rings. The standard InChI is InChI=1S/C11H24N2O/c1-3-5-6-13(4-2)7-10-8-14-9-11(10)12/h10-11H,3-9,12H2,1-2H3. The molecule has 0 aromatic rings. The van der Waals surface area contributed by atoms with Crippen LogP contribution in [0.2, 0.25) is 0 Å². The third kappa shape index (κ3) is 3.56. The Morgan fingerprint density at radius 3 is 2.64 bits per heavy atom. The number of hydrogen-bond donors (Lipinski definition) is 1. The van der Waals surface area contributed by atoms with Crippen LogP contribution in [0, 0.1) is 5.92 Å². The molecule has 2 unspecified atom stereocenters. The van der Waals surface area contributed by atoms with Crippen molar-refractivity contribution in [1.82, 2.24) is 4.90 Å². The van der Waals surface area contributed by atoms with Crippen LogP contribution in [0.4, 0.5) is 0 Å². The largest absolute Gasteiger partial charge is 0.379 e. The third-order valence-electron chi connectivity index (χ3n) is 3.02. The molecule has 1 saturated heterocycles. The van der Waals surface area contributed by atoms with E-state index in [4.69, 9.17) is 10.5 Å². The van der Waals surface area contributed by atoms with E-state index in [2.05, 4.69) is 18.7 Å². The Morgan fingerprint density at radius 1 is 1.36 bits per heavy atom. The average molecular weight is 200 g/mol. The van der Waals surface area contributed by atoms with Crippen molar-refractivity contribution in [3.05, 3.63) is 0 Å². The molecule has 0 radical (unpaired) electrons. The predicted octanol–water partition coefficient (Wildman–Crippen LogP) is 1.08. The first-order valence-electron chi connectivity index (χ1n) is 5.83. The molecule has 1 rings (SSSR count). The van der Waals surface area contributed by atoms with Crippen LogP contribution in [0.1, 0.15) is 26.7 Å². The first-order valence-corrected chi connectivity index (χ1v) is 5.83. The van der Waals surface area contributed by atoms with Crippen molar-refractivity contribution >= 4 is 0 Å². The highest BCUT2D eigenvalue weighted by atomic mass is 16.5.